The number of hydrogen-bond donors (Lipinski definition) is 2. The van der Waals surface area contributed by atoms with Gasteiger partial charge in [0, 0.05) is 19.6 Å². The van der Waals surface area contributed by atoms with E-state index >= 15 is 0 Å². The topological polar surface area (TPSA) is 52.9 Å². The van der Waals surface area contributed by atoms with Crippen molar-refractivity contribution in [3.63, 3.8) is 0 Å². The Kier molecular flexibility index (Phi) is 5.40. The third kappa shape index (κ3) is 4.78. The van der Waals surface area contributed by atoms with E-state index in [0.717, 1.165) is 31.7 Å². The van der Waals surface area contributed by atoms with Crippen LogP contribution in [0.15, 0.2) is 18.2 Å². The Morgan fingerprint density at radius 3 is 2.40 bits per heavy atom. The van der Waals surface area contributed by atoms with Crippen molar-refractivity contribution >= 4 is 0 Å². The predicted molar refractivity (Wildman–Crippen MR) is 79.1 cm³/mol. The summed E-state index contributed by atoms with van der Waals surface area (Å²) in [7, 11) is 0. The minimum atomic E-state index is -0.494. The summed E-state index contributed by atoms with van der Waals surface area (Å²) in [5.41, 5.74) is 2.33. The zero-order chi connectivity index (χ0) is 14.5. The van der Waals surface area contributed by atoms with Gasteiger partial charge < -0.3 is 19.8 Å². The molecule has 0 amide bonds. The Morgan fingerprint density at radius 2 is 1.80 bits per heavy atom. The molecule has 4 heteroatoms. The molecule has 0 aliphatic carbocycles. The van der Waals surface area contributed by atoms with Crippen LogP contribution >= 0.6 is 0 Å². The Morgan fingerprint density at radius 1 is 1.20 bits per heavy atom. The highest BCUT2D eigenvalue weighted by Gasteiger charge is 2.19. The van der Waals surface area contributed by atoms with Crippen LogP contribution in [0.4, 0.5) is 0 Å². The fourth-order valence-electron chi connectivity index (χ4n) is 2.66. The van der Waals surface area contributed by atoms with Gasteiger partial charge in [0.05, 0.1) is 6.10 Å². The van der Waals surface area contributed by atoms with Gasteiger partial charge in [-0.1, -0.05) is 6.07 Å². The zero-order valence-electron chi connectivity index (χ0n) is 12.4. The molecule has 2 N–H and O–H groups in total. The van der Waals surface area contributed by atoms with Crippen LogP contribution in [0.5, 0.6) is 5.75 Å². The molecule has 0 radical (unpaired) electrons. The molecule has 1 aliphatic rings. The van der Waals surface area contributed by atoms with Gasteiger partial charge in [-0.05, 0) is 49.9 Å². The van der Waals surface area contributed by atoms with E-state index in [4.69, 9.17) is 4.74 Å². The van der Waals surface area contributed by atoms with E-state index in [1.54, 1.807) is 0 Å². The van der Waals surface area contributed by atoms with E-state index in [0.29, 0.717) is 13.2 Å². The van der Waals surface area contributed by atoms with Crippen molar-refractivity contribution in [2.75, 3.05) is 26.2 Å². The molecular formula is C16H25NO3. The fraction of sp³-hybridized carbons (Fsp3) is 0.625. The third-order valence-electron chi connectivity index (χ3n) is 3.66. The molecule has 112 valence electrons. The highest BCUT2D eigenvalue weighted by Crippen LogP contribution is 2.16. The van der Waals surface area contributed by atoms with Gasteiger partial charge in [-0.25, -0.2) is 0 Å². The second kappa shape index (κ2) is 7.07. The number of nitrogens with zero attached hydrogens (tertiary/aromatic N) is 1. The average Bonchev–Trinajstić information content (AvgIpc) is 2.38. The van der Waals surface area contributed by atoms with Crippen LogP contribution in [0.3, 0.4) is 0 Å². The van der Waals surface area contributed by atoms with Crippen LogP contribution in [0.25, 0.3) is 0 Å². The summed E-state index contributed by atoms with van der Waals surface area (Å²) in [5.74, 6) is 0.815. The van der Waals surface area contributed by atoms with Gasteiger partial charge in [-0.2, -0.15) is 0 Å². The van der Waals surface area contributed by atoms with Crippen LogP contribution in [0.2, 0.25) is 0 Å². The Bertz CT molecular complexity index is 407. The van der Waals surface area contributed by atoms with Crippen molar-refractivity contribution < 1.29 is 14.9 Å². The molecule has 1 heterocycles. The number of likely N-dealkylation sites (tertiary alicyclic amines) is 1. The summed E-state index contributed by atoms with van der Waals surface area (Å²) in [4.78, 5) is 2.18. The molecule has 0 bridgehead atoms. The van der Waals surface area contributed by atoms with Gasteiger partial charge >= 0.3 is 0 Å². The lowest BCUT2D eigenvalue weighted by atomic mass is 10.1. The first-order chi connectivity index (χ1) is 9.52. The summed E-state index contributed by atoms with van der Waals surface area (Å²) < 4.78 is 5.67. The smallest absolute Gasteiger partial charge is 0.119 e. The van der Waals surface area contributed by atoms with Gasteiger partial charge in [0.2, 0.25) is 0 Å². The number of aryl methyl sites for hydroxylation is 2. The lowest BCUT2D eigenvalue weighted by molar-refractivity contribution is 0.0337. The number of piperidine rings is 1. The number of benzene rings is 1. The van der Waals surface area contributed by atoms with Crippen molar-refractivity contribution in [1.82, 2.24) is 4.90 Å². The molecule has 1 aliphatic heterocycles. The predicted octanol–water partition coefficient (Wildman–Crippen LogP) is 1.50. The molecule has 1 saturated heterocycles. The van der Waals surface area contributed by atoms with E-state index in [-0.39, 0.29) is 6.10 Å². The second-order valence-corrected chi connectivity index (χ2v) is 5.82. The summed E-state index contributed by atoms with van der Waals surface area (Å²) >= 11 is 0. The summed E-state index contributed by atoms with van der Waals surface area (Å²) in [6, 6.07) is 6.07. The molecule has 0 unspecified atom stereocenters. The largest absolute Gasteiger partial charge is 0.491 e. The normalized spacial score (nSPS) is 19.0. The standard InChI is InChI=1S/C16H25NO3/c1-12-7-13(2)9-16(8-12)20-11-15(19)10-17-5-3-14(18)4-6-17/h7-9,14-15,18-19H,3-6,10-11H2,1-2H3/t15-/m0/s1. The summed E-state index contributed by atoms with van der Waals surface area (Å²) in [6.45, 7) is 6.69. The van der Waals surface area contributed by atoms with E-state index in [1.165, 1.54) is 11.1 Å². The van der Waals surface area contributed by atoms with Gasteiger partial charge in [0.1, 0.15) is 18.5 Å². The molecule has 0 spiro atoms. The number of rotatable bonds is 5. The number of aliphatic hydroxyl groups is 2. The average molecular weight is 279 g/mol. The van der Waals surface area contributed by atoms with Crippen LogP contribution < -0.4 is 4.74 Å². The molecule has 0 saturated carbocycles. The second-order valence-electron chi connectivity index (χ2n) is 5.82. The maximum Gasteiger partial charge on any atom is 0.119 e. The van der Waals surface area contributed by atoms with E-state index in [1.807, 2.05) is 26.0 Å². The lowest BCUT2D eigenvalue weighted by Crippen LogP contribution is -2.41. The SMILES string of the molecule is Cc1cc(C)cc(OC[C@@H](O)CN2CCC(O)CC2)c1. The number of hydrogen-bond acceptors (Lipinski definition) is 4. The quantitative estimate of drug-likeness (QED) is 0.857. The van der Waals surface area contributed by atoms with Crippen LogP contribution in [0.1, 0.15) is 24.0 Å². The van der Waals surface area contributed by atoms with E-state index in [9.17, 15) is 10.2 Å². The van der Waals surface area contributed by atoms with E-state index < -0.39 is 6.10 Å². The molecule has 1 aromatic rings. The maximum absolute atomic E-state index is 10.0. The minimum absolute atomic E-state index is 0.171. The van der Waals surface area contributed by atoms with Crippen molar-refractivity contribution in [3.8, 4) is 5.75 Å². The van der Waals surface area contributed by atoms with Crippen molar-refractivity contribution in [2.24, 2.45) is 0 Å². The van der Waals surface area contributed by atoms with Crippen molar-refractivity contribution in [1.29, 1.82) is 0 Å². The van der Waals surface area contributed by atoms with Gasteiger partial charge in [-0.3, -0.25) is 0 Å². The minimum Gasteiger partial charge on any atom is -0.491 e. The zero-order valence-corrected chi connectivity index (χ0v) is 12.4. The molecule has 20 heavy (non-hydrogen) atoms. The number of β-amino-alcohol motifs (C(OH)–C–C–N with tert-alkyl or cyclic N) is 1. The Balaban J connectivity index is 1.75. The van der Waals surface area contributed by atoms with Crippen LogP contribution in [0, 0.1) is 13.8 Å². The Labute approximate surface area is 121 Å². The first kappa shape index (κ1) is 15.3. The number of aliphatic hydroxyl groups excluding tert-OH is 2. The fourth-order valence-corrected chi connectivity index (χ4v) is 2.66. The highest BCUT2D eigenvalue weighted by atomic mass is 16.5. The van der Waals surface area contributed by atoms with Gasteiger partial charge in [0.25, 0.3) is 0 Å². The third-order valence-corrected chi connectivity index (χ3v) is 3.66. The highest BCUT2D eigenvalue weighted by molar-refractivity contribution is 5.32. The molecule has 4 nitrogen and oxygen atoms in total. The van der Waals surface area contributed by atoms with Gasteiger partial charge in [0.15, 0.2) is 0 Å². The van der Waals surface area contributed by atoms with Crippen molar-refractivity contribution in [2.45, 2.75) is 38.9 Å². The molecule has 2 rings (SSSR count). The molecule has 1 aromatic carbocycles. The number of ether oxygens (including phenoxy) is 1. The molecule has 1 fully saturated rings. The first-order valence-corrected chi connectivity index (χ1v) is 7.32. The molecule has 0 aromatic heterocycles. The lowest BCUT2D eigenvalue weighted by Gasteiger charge is -2.30. The van der Waals surface area contributed by atoms with E-state index in [2.05, 4.69) is 11.0 Å². The van der Waals surface area contributed by atoms with Crippen LogP contribution in [-0.4, -0.2) is 53.6 Å². The maximum atomic E-state index is 10.0. The summed E-state index contributed by atoms with van der Waals surface area (Å²) in [6.07, 6.45) is 0.927. The molecular weight excluding hydrogens is 254 g/mol. The first-order valence-electron chi connectivity index (χ1n) is 7.32. The van der Waals surface area contributed by atoms with Gasteiger partial charge in [-0.15, -0.1) is 0 Å². The monoisotopic (exact) mass is 279 g/mol. The van der Waals surface area contributed by atoms with Crippen LogP contribution in [-0.2, 0) is 0 Å². The summed E-state index contributed by atoms with van der Waals surface area (Å²) in [5, 5.41) is 19.5. The molecule has 1 atom stereocenters. The Hall–Kier alpha value is -1.10. The van der Waals surface area contributed by atoms with Crippen molar-refractivity contribution in [3.05, 3.63) is 29.3 Å².